The van der Waals surface area contributed by atoms with Gasteiger partial charge in [0.15, 0.2) is 0 Å². The Kier molecular flexibility index (Phi) is 2.47. The van der Waals surface area contributed by atoms with E-state index in [1.165, 1.54) is 0 Å². The monoisotopic (exact) mass is 147 g/mol. The van der Waals surface area contributed by atoms with E-state index in [2.05, 4.69) is 11.5 Å². The first-order valence-electron chi connectivity index (χ1n) is 3.30. The second-order valence-electron chi connectivity index (χ2n) is 2.19. The third kappa shape index (κ3) is 1.95. The molecule has 56 valence electrons. The topological polar surface area (TPSA) is 61.8 Å². The Morgan fingerprint density at radius 2 is 2.45 bits per heavy atom. The zero-order chi connectivity index (χ0) is 8.10. The van der Waals surface area contributed by atoms with E-state index in [-0.39, 0.29) is 0 Å². The van der Waals surface area contributed by atoms with Crippen molar-refractivity contribution < 1.29 is 0 Å². The second-order valence-corrected chi connectivity index (χ2v) is 2.19. The quantitative estimate of drug-likeness (QED) is 0.425. The molecule has 3 N–H and O–H groups in total. The molecule has 0 aromatic carbocycles. The Balaban J connectivity index is 2.66. The maximum atomic E-state index is 8.48. The van der Waals surface area contributed by atoms with Crippen LogP contribution in [0.2, 0.25) is 0 Å². The van der Waals surface area contributed by atoms with Crippen molar-refractivity contribution in [3.8, 4) is 6.07 Å². The lowest BCUT2D eigenvalue weighted by Gasteiger charge is -2.02. The number of nitrogens with one attached hydrogen (secondary N) is 1. The maximum absolute atomic E-state index is 8.48. The van der Waals surface area contributed by atoms with Gasteiger partial charge in [0.25, 0.3) is 0 Å². The van der Waals surface area contributed by atoms with Gasteiger partial charge in [0.1, 0.15) is 0 Å². The predicted octanol–water partition coefficient (Wildman–Crippen LogP) is 0.743. The minimum absolute atomic E-state index is 0.708. The van der Waals surface area contributed by atoms with Crippen LogP contribution in [0.3, 0.4) is 0 Å². The lowest BCUT2D eigenvalue weighted by molar-refractivity contribution is 0.948. The molecular weight excluding hydrogens is 138 g/mol. The molecule has 0 unspecified atom stereocenters. The molecule has 0 saturated heterocycles. The van der Waals surface area contributed by atoms with Crippen molar-refractivity contribution in [2.75, 3.05) is 0 Å². The van der Waals surface area contributed by atoms with Crippen LogP contribution in [-0.4, -0.2) is 0 Å². The summed E-state index contributed by atoms with van der Waals surface area (Å²) in [5.41, 5.74) is 4.23. The van der Waals surface area contributed by atoms with Crippen molar-refractivity contribution in [2.24, 2.45) is 5.84 Å². The molecule has 1 rings (SSSR count). The van der Waals surface area contributed by atoms with Gasteiger partial charge in [-0.15, -0.1) is 0 Å². The summed E-state index contributed by atoms with van der Waals surface area (Å²) >= 11 is 0. The summed E-state index contributed by atoms with van der Waals surface area (Å²) < 4.78 is 0. The lowest BCUT2D eigenvalue weighted by atomic mass is 10.0. The van der Waals surface area contributed by atoms with Crippen LogP contribution in [0.1, 0.15) is 6.42 Å². The Morgan fingerprint density at radius 3 is 2.91 bits per heavy atom. The Labute approximate surface area is 65.5 Å². The van der Waals surface area contributed by atoms with E-state index in [9.17, 15) is 0 Å². The molecule has 3 heteroatoms. The van der Waals surface area contributed by atoms with E-state index in [1.54, 1.807) is 12.3 Å². The van der Waals surface area contributed by atoms with Crippen LogP contribution in [0.25, 0.3) is 0 Å². The van der Waals surface area contributed by atoms with Gasteiger partial charge >= 0.3 is 0 Å². The average molecular weight is 147 g/mol. The summed E-state index contributed by atoms with van der Waals surface area (Å²) in [6.45, 7) is 0. The average Bonchev–Trinajstić information content (AvgIpc) is 2.07. The smallest absolute Gasteiger partial charge is 0.0988 e. The van der Waals surface area contributed by atoms with Crippen LogP contribution in [0, 0.1) is 11.3 Å². The van der Waals surface area contributed by atoms with Crippen molar-refractivity contribution in [1.29, 1.82) is 5.26 Å². The number of hydrogen-bond acceptors (Lipinski definition) is 3. The van der Waals surface area contributed by atoms with Crippen LogP contribution in [0.4, 0.5) is 0 Å². The van der Waals surface area contributed by atoms with Gasteiger partial charge in [-0.2, -0.15) is 5.26 Å². The SMILES string of the molecule is N#CC1=CCC(=CNN)C=C1. The highest BCUT2D eigenvalue weighted by atomic mass is 15.2. The standard InChI is InChI=1S/C8H9N3/c9-5-7-1-3-8(4-2-7)6-11-10/h1-3,6,11H,4,10H2. The summed E-state index contributed by atoms with van der Waals surface area (Å²) in [7, 11) is 0. The third-order valence-electron chi connectivity index (χ3n) is 1.43. The van der Waals surface area contributed by atoms with E-state index < -0.39 is 0 Å². The molecule has 0 radical (unpaired) electrons. The third-order valence-corrected chi connectivity index (χ3v) is 1.43. The number of allylic oxidation sites excluding steroid dienone is 5. The summed E-state index contributed by atoms with van der Waals surface area (Å²) in [5, 5.41) is 8.48. The molecule has 0 atom stereocenters. The molecule has 0 aromatic rings. The van der Waals surface area contributed by atoms with Gasteiger partial charge in [0, 0.05) is 11.8 Å². The molecule has 0 spiro atoms. The van der Waals surface area contributed by atoms with Crippen molar-refractivity contribution >= 4 is 0 Å². The van der Waals surface area contributed by atoms with Crippen LogP contribution >= 0.6 is 0 Å². The molecule has 3 nitrogen and oxygen atoms in total. The number of nitrogens with two attached hydrogens (primary N) is 1. The molecule has 1 aliphatic rings. The molecule has 0 saturated carbocycles. The highest BCUT2D eigenvalue weighted by molar-refractivity contribution is 5.42. The van der Waals surface area contributed by atoms with Gasteiger partial charge in [0.05, 0.1) is 6.07 Å². The minimum atomic E-state index is 0.708. The summed E-state index contributed by atoms with van der Waals surface area (Å²) in [4.78, 5) is 0. The van der Waals surface area contributed by atoms with Crippen LogP contribution < -0.4 is 11.3 Å². The summed E-state index contributed by atoms with van der Waals surface area (Å²) in [6.07, 6.45) is 7.99. The minimum Gasteiger partial charge on any atom is -0.331 e. The van der Waals surface area contributed by atoms with Gasteiger partial charge in [-0.25, -0.2) is 0 Å². The molecule has 0 amide bonds. The van der Waals surface area contributed by atoms with Gasteiger partial charge in [-0.3, -0.25) is 5.84 Å². The Hall–Kier alpha value is -1.53. The van der Waals surface area contributed by atoms with E-state index in [0.29, 0.717) is 5.57 Å². The summed E-state index contributed by atoms with van der Waals surface area (Å²) in [6, 6.07) is 2.06. The number of nitriles is 1. The first kappa shape index (κ1) is 7.58. The van der Waals surface area contributed by atoms with Crippen molar-refractivity contribution in [3.63, 3.8) is 0 Å². The van der Waals surface area contributed by atoms with Crippen molar-refractivity contribution in [2.45, 2.75) is 6.42 Å². The number of rotatable bonds is 1. The largest absolute Gasteiger partial charge is 0.331 e. The molecule has 1 aliphatic carbocycles. The van der Waals surface area contributed by atoms with E-state index in [1.807, 2.05) is 12.2 Å². The molecule has 0 heterocycles. The normalized spacial score (nSPS) is 19.3. The molecule has 0 aromatic heterocycles. The fourth-order valence-electron chi connectivity index (χ4n) is 0.858. The number of hydrogen-bond donors (Lipinski definition) is 2. The molecule has 0 aliphatic heterocycles. The Bertz CT molecular complexity index is 266. The van der Waals surface area contributed by atoms with Crippen molar-refractivity contribution in [3.05, 3.63) is 35.6 Å². The van der Waals surface area contributed by atoms with Crippen LogP contribution in [-0.2, 0) is 0 Å². The number of nitrogens with zero attached hydrogens (tertiary/aromatic N) is 1. The second kappa shape index (κ2) is 3.59. The van der Waals surface area contributed by atoms with Gasteiger partial charge in [0.2, 0.25) is 0 Å². The van der Waals surface area contributed by atoms with Crippen LogP contribution in [0.15, 0.2) is 35.6 Å². The maximum Gasteiger partial charge on any atom is 0.0988 e. The highest BCUT2D eigenvalue weighted by Gasteiger charge is 1.98. The van der Waals surface area contributed by atoms with Gasteiger partial charge in [-0.05, 0) is 18.1 Å². The van der Waals surface area contributed by atoms with E-state index in [4.69, 9.17) is 11.1 Å². The van der Waals surface area contributed by atoms with Crippen LogP contribution in [0.5, 0.6) is 0 Å². The molecule has 0 bridgehead atoms. The number of hydrazine groups is 1. The van der Waals surface area contributed by atoms with E-state index >= 15 is 0 Å². The zero-order valence-corrected chi connectivity index (χ0v) is 6.04. The predicted molar refractivity (Wildman–Crippen MR) is 42.9 cm³/mol. The molecule has 11 heavy (non-hydrogen) atoms. The zero-order valence-electron chi connectivity index (χ0n) is 6.04. The summed E-state index contributed by atoms with van der Waals surface area (Å²) in [5.74, 6) is 5.08. The van der Waals surface area contributed by atoms with Gasteiger partial charge in [-0.1, -0.05) is 12.2 Å². The first-order chi connectivity index (χ1) is 5.36. The van der Waals surface area contributed by atoms with Crippen molar-refractivity contribution in [1.82, 2.24) is 5.43 Å². The molecular formula is C8H9N3. The fraction of sp³-hybridized carbons (Fsp3) is 0.125. The highest BCUT2D eigenvalue weighted by Crippen LogP contribution is 2.13. The first-order valence-corrected chi connectivity index (χ1v) is 3.30. The molecule has 0 fully saturated rings. The fourth-order valence-corrected chi connectivity index (χ4v) is 0.858. The Morgan fingerprint density at radius 1 is 1.64 bits per heavy atom. The van der Waals surface area contributed by atoms with E-state index in [0.717, 1.165) is 12.0 Å². The lowest BCUT2D eigenvalue weighted by Crippen LogP contribution is -2.14. The van der Waals surface area contributed by atoms with Gasteiger partial charge < -0.3 is 5.43 Å².